The van der Waals surface area contributed by atoms with Crippen LogP contribution in [0.25, 0.3) is 0 Å². The van der Waals surface area contributed by atoms with Gasteiger partial charge in [-0.1, -0.05) is 18.2 Å². The minimum Gasteiger partial charge on any atom is -0.351 e. The highest BCUT2D eigenvalue weighted by Crippen LogP contribution is 2.42. The first kappa shape index (κ1) is 17.7. The molecule has 4 rings (SSSR count). The lowest BCUT2D eigenvalue weighted by Crippen LogP contribution is -2.30. The number of nitrogens with one attached hydrogen (secondary N) is 1. The highest BCUT2D eigenvalue weighted by Gasteiger charge is 2.41. The molecule has 0 radical (unpaired) electrons. The third-order valence-electron chi connectivity index (χ3n) is 4.89. The quantitative estimate of drug-likeness (QED) is 0.661. The van der Waals surface area contributed by atoms with E-state index in [1.807, 2.05) is 29.2 Å². The summed E-state index contributed by atoms with van der Waals surface area (Å²) in [5.41, 5.74) is 2.41. The Bertz CT molecular complexity index is 954. The fourth-order valence-electron chi connectivity index (χ4n) is 3.53. The summed E-state index contributed by atoms with van der Waals surface area (Å²) in [7, 11) is 0. The predicted octanol–water partition coefficient (Wildman–Crippen LogP) is 4.78. The normalized spacial score (nSPS) is 19.6. The molecule has 1 fully saturated rings. The standard InChI is InChI=1S/C21H21FN4S/c1-14(2)25-12-10-15(13-25)20-19(17-8-5-6-11-23-17)24-21(27)26(20)18-9-4-3-7-16(18)22/h3-14,19-20H,1-2H3,(H,24,27)/t19-,20-/m0/s1. The molecular weight excluding hydrogens is 359 g/mol. The smallest absolute Gasteiger partial charge is 0.174 e. The van der Waals surface area contributed by atoms with Crippen LogP contribution in [-0.2, 0) is 0 Å². The summed E-state index contributed by atoms with van der Waals surface area (Å²) < 4.78 is 16.8. The van der Waals surface area contributed by atoms with Gasteiger partial charge < -0.3 is 14.8 Å². The molecule has 138 valence electrons. The van der Waals surface area contributed by atoms with E-state index < -0.39 is 0 Å². The Kier molecular flexibility index (Phi) is 4.66. The van der Waals surface area contributed by atoms with Gasteiger partial charge in [0.15, 0.2) is 5.11 Å². The zero-order valence-corrected chi connectivity index (χ0v) is 16.0. The molecule has 4 nitrogen and oxygen atoms in total. The maximum Gasteiger partial charge on any atom is 0.174 e. The molecule has 1 aliphatic heterocycles. The van der Waals surface area contributed by atoms with Gasteiger partial charge in [0.2, 0.25) is 0 Å². The zero-order valence-electron chi connectivity index (χ0n) is 15.2. The summed E-state index contributed by atoms with van der Waals surface area (Å²) in [6.07, 6.45) is 5.92. The van der Waals surface area contributed by atoms with Crippen LogP contribution < -0.4 is 10.2 Å². The molecule has 1 aliphatic rings. The number of halogens is 1. The predicted molar refractivity (Wildman–Crippen MR) is 109 cm³/mol. The monoisotopic (exact) mass is 380 g/mol. The fraction of sp³-hybridized carbons (Fsp3) is 0.238. The first-order valence-electron chi connectivity index (χ1n) is 8.99. The van der Waals surface area contributed by atoms with E-state index in [9.17, 15) is 4.39 Å². The van der Waals surface area contributed by atoms with Gasteiger partial charge in [-0.25, -0.2) is 4.39 Å². The van der Waals surface area contributed by atoms with Crippen molar-refractivity contribution in [3.63, 3.8) is 0 Å². The lowest BCUT2D eigenvalue weighted by Gasteiger charge is -2.27. The number of rotatable bonds is 4. The molecule has 2 aromatic heterocycles. The fourth-order valence-corrected chi connectivity index (χ4v) is 3.87. The third kappa shape index (κ3) is 3.21. The van der Waals surface area contributed by atoms with E-state index in [4.69, 9.17) is 12.2 Å². The van der Waals surface area contributed by atoms with E-state index in [2.05, 4.69) is 47.2 Å². The average molecular weight is 380 g/mol. The number of benzene rings is 1. The summed E-state index contributed by atoms with van der Waals surface area (Å²) >= 11 is 5.61. The van der Waals surface area contributed by atoms with E-state index in [0.29, 0.717) is 16.8 Å². The van der Waals surface area contributed by atoms with Crippen LogP contribution in [0.3, 0.4) is 0 Å². The van der Waals surface area contributed by atoms with Gasteiger partial charge in [-0.2, -0.15) is 0 Å². The van der Waals surface area contributed by atoms with E-state index in [0.717, 1.165) is 11.3 Å². The van der Waals surface area contributed by atoms with Crippen LogP contribution >= 0.6 is 12.2 Å². The number of nitrogens with zero attached hydrogens (tertiary/aromatic N) is 3. The van der Waals surface area contributed by atoms with Gasteiger partial charge in [-0.3, -0.25) is 4.98 Å². The molecule has 1 N–H and O–H groups in total. The summed E-state index contributed by atoms with van der Waals surface area (Å²) in [5, 5.41) is 3.85. The minimum atomic E-state index is -0.295. The van der Waals surface area contributed by atoms with E-state index in [1.54, 1.807) is 18.3 Å². The van der Waals surface area contributed by atoms with Crippen molar-refractivity contribution >= 4 is 23.0 Å². The van der Waals surface area contributed by atoms with Crippen molar-refractivity contribution in [1.82, 2.24) is 14.9 Å². The van der Waals surface area contributed by atoms with Crippen molar-refractivity contribution in [2.45, 2.75) is 32.0 Å². The van der Waals surface area contributed by atoms with Crippen molar-refractivity contribution in [1.29, 1.82) is 0 Å². The maximum absolute atomic E-state index is 14.6. The van der Waals surface area contributed by atoms with Crippen LogP contribution in [0.5, 0.6) is 0 Å². The number of hydrogen-bond donors (Lipinski definition) is 1. The highest BCUT2D eigenvalue weighted by atomic mass is 32.1. The van der Waals surface area contributed by atoms with E-state index in [-0.39, 0.29) is 17.9 Å². The summed E-state index contributed by atoms with van der Waals surface area (Å²) in [6.45, 7) is 4.26. The number of pyridine rings is 1. The van der Waals surface area contributed by atoms with Gasteiger partial charge in [-0.05, 0) is 62.0 Å². The van der Waals surface area contributed by atoms with Crippen LogP contribution in [0, 0.1) is 5.82 Å². The molecule has 0 spiro atoms. The number of aromatic nitrogens is 2. The Hall–Kier alpha value is -2.73. The van der Waals surface area contributed by atoms with Gasteiger partial charge >= 0.3 is 0 Å². The lowest BCUT2D eigenvalue weighted by molar-refractivity contribution is 0.552. The third-order valence-corrected chi connectivity index (χ3v) is 5.20. The maximum atomic E-state index is 14.6. The Morgan fingerprint density at radius 2 is 1.89 bits per heavy atom. The summed E-state index contributed by atoms with van der Waals surface area (Å²) in [5.74, 6) is -0.295. The van der Waals surface area contributed by atoms with Crippen LogP contribution in [0.15, 0.2) is 67.1 Å². The highest BCUT2D eigenvalue weighted by molar-refractivity contribution is 7.80. The average Bonchev–Trinajstić information content (AvgIpc) is 3.28. The van der Waals surface area contributed by atoms with Crippen molar-refractivity contribution < 1.29 is 4.39 Å². The molecule has 2 atom stereocenters. The molecule has 3 heterocycles. The largest absolute Gasteiger partial charge is 0.351 e. The molecule has 3 aromatic rings. The SMILES string of the molecule is CC(C)n1ccc([C@H]2[C@H](c3ccccn3)NC(=S)N2c2ccccc2F)c1. The number of hydrogen-bond acceptors (Lipinski definition) is 2. The van der Waals surface area contributed by atoms with Crippen molar-refractivity contribution in [2.75, 3.05) is 4.90 Å². The molecule has 0 amide bonds. The van der Waals surface area contributed by atoms with Gasteiger partial charge in [0, 0.05) is 24.6 Å². The molecule has 27 heavy (non-hydrogen) atoms. The van der Waals surface area contributed by atoms with Crippen molar-refractivity contribution in [2.24, 2.45) is 0 Å². The number of para-hydroxylation sites is 1. The van der Waals surface area contributed by atoms with Crippen molar-refractivity contribution in [3.05, 3.63) is 84.2 Å². The topological polar surface area (TPSA) is 33.1 Å². The number of thiocarbonyl (C=S) groups is 1. The molecule has 0 bridgehead atoms. The van der Waals surface area contributed by atoms with Gasteiger partial charge in [0.25, 0.3) is 0 Å². The minimum absolute atomic E-state index is 0.165. The van der Waals surface area contributed by atoms with Gasteiger partial charge in [0.05, 0.1) is 23.5 Å². The van der Waals surface area contributed by atoms with Crippen LogP contribution in [0.2, 0.25) is 0 Å². The van der Waals surface area contributed by atoms with Gasteiger partial charge in [0.1, 0.15) is 5.82 Å². The first-order valence-corrected chi connectivity index (χ1v) is 9.39. The molecular formula is C21H21FN4S. The summed E-state index contributed by atoms with van der Waals surface area (Å²) in [6, 6.07) is 14.6. The Morgan fingerprint density at radius 1 is 1.11 bits per heavy atom. The molecule has 0 unspecified atom stereocenters. The first-order chi connectivity index (χ1) is 13.1. The molecule has 1 aromatic carbocycles. The lowest BCUT2D eigenvalue weighted by atomic mass is 9.98. The van der Waals surface area contributed by atoms with Crippen LogP contribution in [0.4, 0.5) is 10.1 Å². The second-order valence-corrected chi connectivity index (χ2v) is 7.32. The molecule has 6 heteroatoms. The second kappa shape index (κ2) is 7.12. The Morgan fingerprint density at radius 3 is 2.56 bits per heavy atom. The Labute approximate surface area is 163 Å². The summed E-state index contributed by atoms with van der Waals surface area (Å²) in [4.78, 5) is 6.38. The molecule has 0 aliphatic carbocycles. The molecule has 0 saturated carbocycles. The molecule has 1 saturated heterocycles. The van der Waals surface area contributed by atoms with E-state index in [1.165, 1.54) is 6.07 Å². The van der Waals surface area contributed by atoms with E-state index >= 15 is 0 Å². The zero-order chi connectivity index (χ0) is 19.0. The number of anilines is 1. The van der Waals surface area contributed by atoms with Crippen LogP contribution in [0.1, 0.15) is 43.2 Å². The second-order valence-electron chi connectivity index (χ2n) is 6.93. The van der Waals surface area contributed by atoms with Gasteiger partial charge in [-0.15, -0.1) is 0 Å². The van der Waals surface area contributed by atoms with Crippen LogP contribution in [-0.4, -0.2) is 14.7 Å². The van der Waals surface area contributed by atoms with Crippen molar-refractivity contribution in [3.8, 4) is 0 Å². The Balaban J connectivity index is 1.84.